The lowest BCUT2D eigenvalue weighted by molar-refractivity contribution is -0.114. The predicted molar refractivity (Wildman–Crippen MR) is 104 cm³/mol. The fraction of sp³-hybridized carbons (Fsp3) is 0.238. The van der Waals surface area contributed by atoms with Crippen LogP contribution in [0.5, 0.6) is 11.5 Å². The molecule has 0 aromatic heterocycles. The standard InChI is InChI=1S/C21H24N2O4/c1-3-4-13-27-18-11-7-16(8-12-18)21(25)23-19(20(22)24)14-15-5-9-17(26-2)10-6-15/h5-12,14H,3-4,13H2,1-2H3,(H2,22,24)(H,23,25). The van der Waals surface area contributed by atoms with Crippen LogP contribution in [0.1, 0.15) is 35.7 Å². The summed E-state index contributed by atoms with van der Waals surface area (Å²) in [4.78, 5) is 24.1. The molecule has 0 bridgehead atoms. The van der Waals surface area contributed by atoms with Gasteiger partial charge >= 0.3 is 0 Å². The normalized spacial score (nSPS) is 11.0. The zero-order valence-electron chi connectivity index (χ0n) is 15.5. The van der Waals surface area contributed by atoms with Crippen molar-refractivity contribution in [3.05, 3.63) is 65.4 Å². The smallest absolute Gasteiger partial charge is 0.265 e. The Labute approximate surface area is 159 Å². The third-order valence-corrected chi connectivity index (χ3v) is 3.82. The molecule has 6 nitrogen and oxygen atoms in total. The van der Waals surface area contributed by atoms with E-state index in [1.165, 1.54) is 6.08 Å². The van der Waals surface area contributed by atoms with Crippen LogP contribution in [0.25, 0.3) is 6.08 Å². The van der Waals surface area contributed by atoms with E-state index >= 15 is 0 Å². The van der Waals surface area contributed by atoms with Gasteiger partial charge in [-0.05, 0) is 54.5 Å². The van der Waals surface area contributed by atoms with Gasteiger partial charge in [-0.15, -0.1) is 0 Å². The molecule has 0 radical (unpaired) electrons. The molecule has 0 atom stereocenters. The number of benzene rings is 2. The highest BCUT2D eigenvalue weighted by molar-refractivity contribution is 6.04. The maximum atomic E-state index is 12.4. The number of primary amides is 1. The number of methoxy groups -OCH3 is 1. The van der Waals surface area contributed by atoms with E-state index in [1.54, 1.807) is 55.6 Å². The van der Waals surface area contributed by atoms with E-state index in [0.717, 1.165) is 12.8 Å². The molecule has 2 aromatic rings. The molecular weight excluding hydrogens is 344 g/mol. The summed E-state index contributed by atoms with van der Waals surface area (Å²) in [6, 6.07) is 13.8. The second-order valence-corrected chi connectivity index (χ2v) is 5.88. The first-order valence-electron chi connectivity index (χ1n) is 8.73. The number of rotatable bonds is 9. The second-order valence-electron chi connectivity index (χ2n) is 5.88. The van der Waals surface area contributed by atoms with Gasteiger partial charge in [0.25, 0.3) is 11.8 Å². The predicted octanol–water partition coefficient (Wildman–Crippen LogP) is 3.13. The fourth-order valence-electron chi connectivity index (χ4n) is 2.27. The lowest BCUT2D eigenvalue weighted by atomic mass is 10.1. The zero-order valence-corrected chi connectivity index (χ0v) is 15.5. The molecule has 27 heavy (non-hydrogen) atoms. The number of unbranched alkanes of at least 4 members (excludes halogenated alkanes) is 1. The summed E-state index contributed by atoms with van der Waals surface area (Å²) in [5, 5.41) is 2.56. The summed E-state index contributed by atoms with van der Waals surface area (Å²) < 4.78 is 10.7. The molecule has 0 spiro atoms. The summed E-state index contributed by atoms with van der Waals surface area (Å²) >= 11 is 0. The Morgan fingerprint density at radius 2 is 1.67 bits per heavy atom. The third kappa shape index (κ3) is 6.18. The number of carbonyl (C=O) groups is 2. The summed E-state index contributed by atoms with van der Waals surface area (Å²) in [7, 11) is 1.57. The van der Waals surface area contributed by atoms with Crippen LogP contribution in [-0.2, 0) is 4.79 Å². The van der Waals surface area contributed by atoms with Crippen molar-refractivity contribution >= 4 is 17.9 Å². The van der Waals surface area contributed by atoms with E-state index in [4.69, 9.17) is 15.2 Å². The first-order chi connectivity index (χ1) is 13.0. The van der Waals surface area contributed by atoms with E-state index in [9.17, 15) is 9.59 Å². The van der Waals surface area contributed by atoms with E-state index < -0.39 is 11.8 Å². The van der Waals surface area contributed by atoms with Crippen molar-refractivity contribution in [1.82, 2.24) is 5.32 Å². The van der Waals surface area contributed by atoms with Gasteiger partial charge in [0.1, 0.15) is 17.2 Å². The summed E-state index contributed by atoms with van der Waals surface area (Å²) in [6.07, 6.45) is 3.54. The van der Waals surface area contributed by atoms with Gasteiger partial charge in [0.15, 0.2) is 0 Å². The number of nitrogens with one attached hydrogen (secondary N) is 1. The van der Waals surface area contributed by atoms with Crippen molar-refractivity contribution in [2.45, 2.75) is 19.8 Å². The third-order valence-electron chi connectivity index (χ3n) is 3.82. The van der Waals surface area contributed by atoms with Crippen LogP contribution >= 0.6 is 0 Å². The highest BCUT2D eigenvalue weighted by atomic mass is 16.5. The van der Waals surface area contributed by atoms with Crippen LogP contribution < -0.4 is 20.5 Å². The monoisotopic (exact) mass is 368 g/mol. The zero-order chi connectivity index (χ0) is 19.6. The molecule has 2 rings (SSSR count). The van der Waals surface area contributed by atoms with Crippen molar-refractivity contribution < 1.29 is 19.1 Å². The minimum atomic E-state index is -0.723. The van der Waals surface area contributed by atoms with Crippen molar-refractivity contribution in [1.29, 1.82) is 0 Å². The molecule has 6 heteroatoms. The number of hydrogen-bond acceptors (Lipinski definition) is 4. The molecular formula is C21H24N2O4. The van der Waals surface area contributed by atoms with E-state index in [1.807, 2.05) is 0 Å². The first kappa shape index (κ1) is 20.0. The van der Waals surface area contributed by atoms with Crippen molar-refractivity contribution in [2.24, 2.45) is 5.73 Å². The summed E-state index contributed by atoms with van der Waals surface area (Å²) in [5.41, 5.74) is 6.52. The molecule has 142 valence electrons. The molecule has 3 N–H and O–H groups in total. The molecule has 0 aliphatic rings. The fourth-order valence-corrected chi connectivity index (χ4v) is 2.27. The maximum Gasteiger partial charge on any atom is 0.265 e. The van der Waals surface area contributed by atoms with Gasteiger partial charge in [0.2, 0.25) is 0 Å². The lowest BCUT2D eigenvalue weighted by Gasteiger charge is -2.09. The van der Waals surface area contributed by atoms with Crippen LogP contribution in [0.3, 0.4) is 0 Å². The number of amides is 2. The van der Waals surface area contributed by atoms with E-state index in [0.29, 0.717) is 29.2 Å². The maximum absolute atomic E-state index is 12.4. The van der Waals surface area contributed by atoms with Crippen LogP contribution in [0.15, 0.2) is 54.2 Å². The van der Waals surface area contributed by atoms with Crippen molar-refractivity contribution in [2.75, 3.05) is 13.7 Å². The minimum absolute atomic E-state index is 0.00781. The largest absolute Gasteiger partial charge is 0.497 e. The molecule has 2 aromatic carbocycles. The topological polar surface area (TPSA) is 90.7 Å². The summed E-state index contributed by atoms with van der Waals surface area (Å²) in [6.45, 7) is 2.73. The van der Waals surface area contributed by atoms with Crippen LogP contribution in [-0.4, -0.2) is 25.5 Å². The Kier molecular flexibility index (Phi) is 7.43. The molecule has 0 unspecified atom stereocenters. The van der Waals surface area contributed by atoms with Crippen molar-refractivity contribution in [3.63, 3.8) is 0 Å². The summed E-state index contributed by atoms with van der Waals surface area (Å²) in [5.74, 6) is 0.245. The highest BCUT2D eigenvalue weighted by Crippen LogP contribution is 2.15. The van der Waals surface area contributed by atoms with Gasteiger partial charge in [-0.25, -0.2) is 0 Å². The Bertz CT molecular complexity index is 796. The molecule has 0 saturated carbocycles. The molecule has 0 aliphatic heterocycles. The highest BCUT2D eigenvalue weighted by Gasteiger charge is 2.12. The van der Waals surface area contributed by atoms with Gasteiger partial charge in [-0.2, -0.15) is 0 Å². The molecule has 0 heterocycles. The average molecular weight is 368 g/mol. The Hall–Kier alpha value is -3.28. The Morgan fingerprint density at radius 1 is 1.04 bits per heavy atom. The second kappa shape index (κ2) is 10.0. The van der Waals surface area contributed by atoms with Gasteiger partial charge in [-0.1, -0.05) is 25.5 Å². The number of nitrogens with two attached hydrogens (primary N) is 1. The van der Waals surface area contributed by atoms with Gasteiger partial charge in [0.05, 0.1) is 13.7 Å². The quantitative estimate of drug-likeness (QED) is 0.525. The Balaban J connectivity index is 2.07. The SMILES string of the molecule is CCCCOc1ccc(C(=O)NC(=Cc2ccc(OC)cc2)C(N)=O)cc1. The molecule has 0 aliphatic carbocycles. The van der Waals surface area contributed by atoms with Crippen LogP contribution in [0.2, 0.25) is 0 Å². The molecule has 2 amide bonds. The van der Waals surface area contributed by atoms with Gasteiger partial charge in [-0.3, -0.25) is 9.59 Å². The minimum Gasteiger partial charge on any atom is -0.497 e. The van der Waals surface area contributed by atoms with Crippen LogP contribution in [0.4, 0.5) is 0 Å². The van der Waals surface area contributed by atoms with Gasteiger partial charge in [0, 0.05) is 5.56 Å². The lowest BCUT2D eigenvalue weighted by Crippen LogP contribution is -2.31. The first-order valence-corrected chi connectivity index (χ1v) is 8.73. The van der Waals surface area contributed by atoms with E-state index in [2.05, 4.69) is 12.2 Å². The molecule has 0 fully saturated rings. The van der Waals surface area contributed by atoms with E-state index in [-0.39, 0.29) is 5.70 Å². The Morgan fingerprint density at radius 3 is 2.22 bits per heavy atom. The van der Waals surface area contributed by atoms with Crippen LogP contribution in [0, 0.1) is 0 Å². The number of hydrogen-bond donors (Lipinski definition) is 2. The number of ether oxygens (including phenoxy) is 2. The number of carbonyl (C=O) groups excluding carboxylic acids is 2. The van der Waals surface area contributed by atoms with Crippen molar-refractivity contribution in [3.8, 4) is 11.5 Å². The average Bonchev–Trinajstić information content (AvgIpc) is 2.68. The van der Waals surface area contributed by atoms with Gasteiger partial charge < -0.3 is 20.5 Å². The molecule has 0 saturated heterocycles.